The van der Waals surface area contributed by atoms with Crippen LogP contribution in [0.5, 0.6) is 0 Å². The molecule has 0 bridgehead atoms. The van der Waals surface area contributed by atoms with E-state index < -0.39 is 46.8 Å². The first-order chi connectivity index (χ1) is 20.2. The molecule has 0 spiro atoms. The molecule has 0 aromatic heterocycles. The normalized spacial score (nSPS) is 12.7. The van der Waals surface area contributed by atoms with Crippen LogP contribution in [0.2, 0.25) is 0 Å². The molecule has 0 radical (unpaired) electrons. The van der Waals surface area contributed by atoms with E-state index in [1.165, 1.54) is 24.3 Å². The van der Waals surface area contributed by atoms with Crippen LogP contribution in [-0.4, -0.2) is 47.5 Å². The third-order valence-electron chi connectivity index (χ3n) is 6.33. The number of nitro benzene ring substituents is 1. The summed E-state index contributed by atoms with van der Waals surface area (Å²) >= 11 is 0. The minimum absolute atomic E-state index is 0.0297. The van der Waals surface area contributed by atoms with E-state index in [1.807, 2.05) is 6.07 Å². The molecule has 0 aliphatic heterocycles. The van der Waals surface area contributed by atoms with Crippen LogP contribution in [0.3, 0.4) is 0 Å². The van der Waals surface area contributed by atoms with E-state index in [0.717, 1.165) is 11.1 Å². The first kappa shape index (κ1) is 31.3. The third-order valence-corrected chi connectivity index (χ3v) is 6.33. The van der Waals surface area contributed by atoms with Crippen LogP contribution in [0.4, 0.5) is 10.5 Å². The summed E-state index contributed by atoms with van der Waals surface area (Å²) in [6.07, 6.45) is -1.15. The van der Waals surface area contributed by atoms with Crippen molar-refractivity contribution in [3.05, 3.63) is 112 Å². The van der Waals surface area contributed by atoms with Gasteiger partial charge in [-0.25, -0.2) is 4.79 Å². The standard InChI is InChI=1S/C30H32N4O8/c1-2-41-26(35)18-24(22-13-15-23(16-14-22)34(39)40)27(28(31)36)33-29(37)25(17-20-9-5-3-6-10-20)32-30(38)42-19-21-11-7-4-8-12-21/h3-16,24-25,27H,2,17-19H2,1H3,(H2,31,36)(H,32,38)(H,33,37)/t24-,25-,27-/m0/s1. The summed E-state index contributed by atoms with van der Waals surface area (Å²) in [5.74, 6) is -3.39. The summed E-state index contributed by atoms with van der Waals surface area (Å²) in [7, 11) is 0. The highest BCUT2D eigenvalue weighted by molar-refractivity contribution is 5.92. The summed E-state index contributed by atoms with van der Waals surface area (Å²) in [6.45, 7) is 1.66. The number of nitrogens with two attached hydrogens (primary N) is 1. The molecule has 0 fully saturated rings. The Balaban J connectivity index is 1.85. The maximum Gasteiger partial charge on any atom is 0.408 e. The Hall–Kier alpha value is -5.26. The summed E-state index contributed by atoms with van der Waals surface area (Å²) in [4.78, 5) is 61.9. The average Bonchev–Trinajstić information content (AvgIpc) is 2.98. The van der Waals surface area contributed by atoms with Gasteiger partial charge < -0.3 is 25.8 Å². The quantitative estimate of drug-likeness (QED) is 0.149. The molecule has 0 saturated carbocycles. The number of esters is 1. The van der Waals surface area contributed by atoms with Crippen molar-refractivity contribution in [2.24, 2.45) is 5.73 Å². The summed E-state index contributed by atoms with van der Waals surface area (Å²) in [5, 5.41) is 16.3. The topological polar surface area (TPSA) is 180 Å². The number of alkyl carbamates (subject to hydrolysis) is 1. The molecule has 0 saturated heterocycles. The van der Waals surface area contributed by atoms with E-state index in [1.54, 1.807) is 61.5 Å². The smallest absolute Gasteiger partial charge is 0.408 e. The van der Waals surface area contributed by atoms with Crippen molar-refractivity contribution in [1.82, 2.24) is 10.6 Å². The Morgan fingerprint density at radius 1 is 0.857 bits per heavy atom. The van der Waals surface area contributed by atoms with E-state index in [-0.39, 0.29) is 31.7 Å². The van der Waals surface area contributed by atoms with Gasteiger partial charge in [0.1, 0.15) is 18.7 Å². The lowest BCUT2D eigenvalue weighted by Gasteiger charge is -2.28. The van der Waals surface area contributed by atoms with Crippen molar-refractivity contribution in [2.45, 2.75) is 44.4 Å². The number of benzene rings is 3. The maximum atomic E-state index is 13.6. The van der Waals surface area contributed by atoms with Gasteiger partial charge in [-0.3, -0.25) is 24.5 Å². The molecule has 42 heavy (non-hydrogen) atoms. The number of nitrogens with one attached hydrogen (secondary N) is 2. The number of primary amides is 1. The zero-order valence-electron chi connectivity index (χ0n) is 22.9. The highest BCUT2D eigenvalue weighted by Crippen LogP contribution is 2.27. The number of carbonyl (C=O) groups is 4. The van der Waals surface area contributed by atoms with E-state index >= 15 is 0 Å². The van der Waals surface area contributed by atoms with Crippen molar-refractivity contribution < 1.29 is 33.6 Å². The van der Waals surface area contributed by atoms with Gasteiger partial charge in [0, 0.05) is 24.5 Å². The second kappa shape index (κ2) is 15.5. The van der Waals surface area contributed by atoms with Crippen LogP contribution in [0.25, 0.3) is 0 Å². The van der Waals surface area contributed by atoms with Gasteiger partial charge >= 0.3 is 12.1 Å². The highest BCUT2D eigenvalue weighted by Gasteiger charge is 2.34. The van der Waals surface area contributed by atoms with Gasteiger partial charge in [0.25, 0.3) is 5.69 Å². The minimum atomic E-state index is -1.43. The molecule has 3 amide bonds. The Morgan fingerprint density at radius 2 is 1.45 bits per heavy atom. The lowest BCUT2D eigenvalue weighted by molar-refractivity contribution is -0.384. The molecule has 3 atom stereocenters. The third kappa shape index (κ3) is 9.44. The van der Waals surface area contributed by atoms with E-state index in [0.29, 0.717) is 5.56 Å². The molecule has 3 aromatic rings. The van der Waals surface area contributed by atoms with E-state index in [2.05, 4.69) is 10.6 Å². The molecule has 0 aliphatic rings. The minimum Gasteiger partial charge on any atom is -0.466 e. The molecular weight excluding hydrogens is 544 g/mol. The van der Waals surface area contributed by atoms with Crippen LogP contribution < -0.4 is 16.4 Å². The van der Waals surface area contributed by atoms with Gasteiger partial charge in [-0.15, -0.1) is 0 Å². The number of hydrogen-bond acceptors (Lipinski definition) is 8. The van der Waals surface area contributed by atoms with Crippen LogP contribution in [0, 0.1) is 10.1 Å². The van der Waals surface area contributed by atoms with Crippen LogP contribution in [0.15, 0.2) is 84.9 Å². The number of carbonyl (C=O) groups excluding carboxylic acids is 4. The molecule has 0 heterocycles. The largest absolute Gasteiger partial charge is 0.466 e. The fraction of sp³-hybridized carbons (Fsp3) is 0.267. The Morgan fingerprint density at radius 3 is 2.00 bits per heavy atom. The fourth-order valence-corrected chi connectivity index (χ4v) is 4.26. The summed E-state index contributed by atoms with van der Waals surface area (Å²) in [5.41, 5.74) is 7.30. The molecule has 12 heteroatoms. The monoisotopic (exact) mass is 576 g/mol. The lowest BCUT2D eigenvalue weighted by atomic mass is 9.87. The molecule has 12 nitrogen and oxygen atoms in total. The van der Waals surface area contributed by atoms with E-state index in [4.69, 9.17) is 15.2 Å². The number of ether oxygens (including phenoxy) is 2. The van der Waals surface area contributed by atoms with Crippen molar-refractivity contribution in [3.63, 3.8) is 0 Å². The number of nitrogens with zero attached hydrogens (tertiary/aromatic N) is 1. The van der Waals surface area contributed by atoms with Crippen molar-refractivity contribution in [3.8, 4) is 0 Å². The molecule has 0 aliphatic carbocycles. The zero-order chi connectivity index (χ0) is 30.5. The number of nitro groups is 1. The van der Waals surface area contributed by atoms with Gasteiger partial charge in [-0.05, 0) is 23.6 Å². The van der Waals surface area contributed by atoms with Crippen molar-refractivity contribution in [2.75, 3.05) is 6.61 Å². The van der Waals surface area contributed by atoms with Crippen molar-refractivity contribution >= 4 is 29.6 Å². The molecule has 3 aromatic carbocycles. The Kier molecular flexibility index (Phi) is 11.5. The number of hydrogen-bond donors (Lipinski definition) is 3. The average molecular weight is 577 g/mol. The molecule has 3 rings (SSSR count). The second-order valence-corrected chi connectivity index (χ2v) is 9.30. The number of amides is 3. The van der Waals surface area contributed by atoms with Gasteiger partial charge in [0.15, 0.2) is 0 Å². The first-order valence-electron chi connectivity index (χ1n) is 13.2. The van der Waals surface area contributed by atoms with Gasteiger partial charge in [-0.1, -0.05) is 72.8 Å². The van der Waals surface area contributed by atoms with Crippen LogP contribution in [-0.2, 0) is 36.9 Å². The summed E-state index contributed by atoms with van der Waals surface area (Å²) < 4.78 is 10.3. The van der Waals surface area contributed by atoms with Crippen LogP contribution in [0.1, 0.15) is 36.0 Å². The van der Waals surface area contributed by atoms with Gasteiger partial charge in [0.05, 0.1) is 18.0 Å². The first-order valence-corrected chi connectivity index (χ1v) is 13.2. The molecule has 4 N–H and O–H groups in total. The van der Waals surface area contributed by atoms with Gasteiger partial charge in [-0.2, -0.15) is 0 Å². The predicted molar refractivity (Wildman–Crippen MR) is 152 cm³/mol. The van der Waals surface area contributed by atoms with E-state index in [9.17, 15) is 29.3 Å². The van der Waals surface area contributed by atoms with Crippen molar-refractivity contribution in [1.29, 1.82) is 0 Å². The SMILES string of the molecule is CCOC(=O)C[C@@H](c1ccc([N+](=O)[O-])cc1)[C@H](NC(=O)[C@H](Cc1ccccc1)NC(=O)OCc1ccccc1)C(N)=O. The molecule has 0 unspecified atom stereocenters. The molecule has 220 valence electrons. The number of rotatable bonds is 14. The zero-order valence-corrected chi connectivity index (χ0v) is 22.9. The second-order valence-electron chi connectivity index (χ2n) is 9.30. The summed E-state index contributed by atoms with van der Waals surface area (Å²) in [6, 6.07) is 20.4. The number of non-ortho nitro benzene ring substituents is 1. The van der Waals surface area contributed by atoms with Gasteiger partial charge in [0.2, 0.25) is 11.8 Å². The van der Waals surface area contributed by atoms with Crippen LogP contribution >= 0.6 is 0 Å². The highest BCUT2D eigenvalue weighted by atomic mass is 16.6. The maximum absolute atomic E-state index is 13.6. The Labute approximate surface area is 242 Å². The molecular formula is C30H32N4O8. The predicted octanol–water partition coefficient (Wildman–Crippen LogP) is 3.14. The lowest BCUT2D eigenvalue weighted by Crippen LogP contribution is -2.55. The fourth-order valence-electron chi connectivity index (χ4n) is 4.26. The Bertz CT molecular complexity index is 1370.